The predicted molar refractivity (Wildman–Crippen MR) is 104 cm³/mol. The van der Waals surface area contributed by atoms with Crippen LogP contribution in [0.15, 0.2) is 67.1 Å². The molecule has 3 aromatic rings. The molecule has 0 amide bonds. The predicted octanol–water partition coefficient (Wildman–Crippen LogP) is 4.29. The molecule has 0 saturated carbocycles. The minimum Gasteiger partial charge on any atom is -0.457 e. The van der Waals surface area contributed by atoms with E-state index < -0.39 is 0 Å². The molecule has 0 N–H and O–H groups in total. The third-order valence-corrected chi connectivity index (χ3v) is 4.67. The summed E-state index contributed by atoms with van der Waals surface area (Å²) in [7, 11) is 0. The van der Waals surface area contributed by atoms with Crippen molar-refractivity contribution in [3.05, 3.63) is 78.2 Å². The van der Waals surface area contributed by atoms with Gasteiger partial charge in [0.1, 0.15) is 17.3 Å². The van der Waals surface area contributed by atoms with Gasteiger partial charge in [0.05, 0.1) is 0 Å². The fourth-order valence-electron chi connectivity index (χ4n) is 3.22. The number of ketones is 1. The maximum absolute atomic E-state index is 12.7. The van der Waals surface area contributed by atoms with Gasteiger partial charge in [-0.1, -0.05) is 12.1 Å². The molecular formula is C22H21N3O2. The van der Waals surface area contributed by atoms with Crippen molar-refractivity contribution in [1.82, 2.24) is 9.97 Å². The van der Waals surface area contributed by atoms with E-state index in [1.165, 1.54) is 12.8 Å². The van der Waals surface area contributed by atoms with Gasteiger partial charge < -0.3 is 9.64 Å². The number of aromatic nitrogens is 2. The van der Waals surface area contributed by atoms with E-state index in [1.54, 1.807) is 36.8 Å². The molecule has 0 spiro atoms. The second kappa shape index (κ2) is 7.99. The van der Waals surface area contributed by atoms with Crippen molar-refractivity contribution in [3.63, 3.8) is 0 Å². The fourth-order valence-corrected chi connectivity index (χ4v) is 3.22. The van der Waals surface area contributed by atoms with E-state index in [0.29, 0.717) is 12.0 Å². The quantitative estimate of drug-likeness (QED) is 0.615. The number of pyridine rings is 2. The maximum atomic E-state index is 12.7. The first-order valence-corrected chi connectivity index (χ1v) is 9.19. The molecule has 2 aromatic heterocycles. The van der Waals surface area contributed by atoms with Crippen LogP contribution in [0.2, 0.25) is 0 Å². The van der Waals surface area contributed by atoms with Crippen LogP contribution in [0.1, 0.15) is 28.8 Å². The highest BCUT2D eigenvalue weighted by Crippen LogP contribution is 2.22. The Morgan fingerprint density at radius 3 is 2.37 bits per heavy atom. The molecule has 1 fully saturated rings. The monoisotopic (exact) mass is 359 g/mol. The summed E-state index contributed by atoms with van der Waals surface area (Å²) in [4.78, 5) is 23.3. The van der Waals surface area contributed by atoms with Crippen molar-refractivity contribution in [1.29, 1.82) is 0 Å². The number of Topliss-reactive ketones (excluding diaryl/α,β-unsaturated/α-hetero) is 1. The molecule has 1 aliphatic rings. The highest BCUT2D eigenvalue weighted by molar-refractivity contribution is 5.98. The number of anilines is 1. The van der Waals surface area contributed by atoms with Crippen LogP contribution in [0.5, 0.6) is 11.5 Å². The van der Waals surface area contributed by atoms with E-state index in [2.05, 4.69) is 14.9 Å². The van der Waals surface area contributed by atoms with Crippen LogP contribution in [-0.4, -0.2) is 28.8 Å². The van der Waals surface area contributed by atoms with Crippen LogP contribution < -0.4 is 9.64 Å². The van der Waals surface area contributed by atoms with Gasteiger partial charge in [0.25, 0.3) is 0 Å². The molecule has 1 aromatic carbocycles. The Hall–Kier alpha value is -3.21. The smallest absolute Gasteiger partial charge is 0.167 e. The zero-order valence-electron chi connectivity index (χ0n) is 15.0. The summed E-state index contributed by atoms with van der Waals surface area (Å²) < 4.78 is 5.76. The van der Waals surface area contributed by atoms with Crippen LogP contribution in [0.3, 0.4) is 0 Å². The van der Waals surface area contributed by atoms with E-state index in [-0.39, 0.29) is 5.78 Å². The molecule has 0 aliphatic carbocycles. The van der Waals surface area contributed by atoms with Crippen molar-refractivity contribution in [2.45, 2.75) is 19.3 Å². The largest absolute Gasteiger partial charge is 0.457 e. The van der Waals surface area contributed by atoms with Gasteiger partial charge in [-0.15, -0.1) is 0 Å². The van der Waals surface area contributed by atoms with Gasteiger partial charge in [-0.05, 0) is 54.8 Å². The van der Waals surface area contributed by atoms with E-state index in [4.69, 9.17) is 4.74 Å². The lowest BCUT2D eigenvalue weighted by Crippen LogP contribution is -2.19. The number of benzene rings is 1. The lowest BCUT2D eigenvalue weighted by molar-refractivity contribution is 0.0993. The Bertz CT molecular complexity index is 904. The first kappa shape index (κ1) is 17.2. The molecule has 5 heteroatoms. The highest BCUT2D eigenvalue weighted by atomic mass is 16.5. The molecule has 0 radical (unpaired) electrons. The number of hydrogen-bond donors (Lipinski definition) is 0. The summed E-state index contributed by atoms with van der Waals surface area (Å²) in [6.07, 6.45) is 7.84. The molecule has 4 rings (SSSR count). The first-order chi connectivity index (χ1) is 13.3. The summed E-state index contributed by atoms with van der Waals surface area (Å²) in [6.45, 7) is 2.03. The Kier molecular flexibility index (Phi) is 5.10. The third-order valence-electron chi connectivity index (χ3n) is 4.67. The minimum atomic E-state index is 0.0978. The van der Waals surface area contributed by atoms with Gasteiger partial charge in [-0.25, -0.2) is 4.98 Å². The summed E-state index contributed by atoms with van der Waals surface area (Å²) in [5.74, 6) is 2.47. The lowest BCUT2D eigenvalue weighted by Gasteiger charge is -2.16. The molecule has 3 heterocycles. The van der Waals surface area contributed by atoms with Crippen LogP contribution in [0, 0.1) is 0 Å². The minimum absolute atomic E-state index is 0.0978. The van der Waals surface area contributed by atoms with Crippen LogP contribution >= 0.6 is 0 Å². The molecule has 1 saturated heterocycles. The van der Waals surface area contributed by atoms with Gasteiger partial charge in [-0.2, -0.15) is 0 Å². The van der Waals surface area contributed by atoms with E-state index >= 15 is 0 Å². The van der Waals surface area contributed by atoms with Gasteiger partial charge >= 0.3 is 0 Å². The molecule has 0 unspecified atom stereocenters. The molecule has 136 valence electrons. The van der Waals surface area contributed by atoms with Crippen LogP contribution in [0.25, 0.3) is 0 Å². The van der Waals surface area contributed by atoms with Crippen molar-refractivity contribution in [2.75, 3.05) is 18.0 Å². The Labute approximate surface area is 158 Å². The first-order valence-electron chi connectivity index (χ1n) is 9.19. The molecule has 1 aliphatic heterocycles. The zero-order chi connectivity index (χ0) is 18.5. The van der Waals surface area contributed by atoms with Gasteiger partial charge in [-0.3, -0.25) is 9.78 Å². The zero-order valence-corrected chi connectivity index (χ0v) is 15.0. The van der Waals surface area contributed by atoms with Crippen molar-refractivity contribution >= 4 is 11.6 Å². The number of ether oxygens (including phenoxy) is 1. The number of hydrogen-bond acceptors (Lipinski definition) is 5. The average molecular weight is 359 g/mol. The Balaban J connectivity index is 1.41. The summed E-state index contributed by atoms with van der Waals surface area (Å²) in [6, 6.07) is 14.9. The van der Waals surface area contributed by atoms with E-state index in [1.807, 2.05) is 30.3 Å². The number of carbonyl (C=O) groups is 1. The summed E-state index contributed by atoms with van der Waals surface area (Å²) >= 11 is 0. The standard InChI is InChI=1S/C22H21N3O2/c26-21(18-7-12-24-22(16-18)25-13-1-2-14-25)15-17-3-5-19(6-4-17)27-20-8-10-23-11-9-20/h3-12,16H,1-2,13-15H2. The van der Waals surface area contributed by atoms with Crippen molar-refractivity contribution in [3.8, 4) is 11.5 Å². The number of rotatable bonds is 6. The Morgan fingerprint density at radius 1 is 0.926 bits per heavy atom. The van der Waals surface area contributed by atoms with Gasteiger partial charge in [0.15, 0.2) is 5.78 Å². The van der Waals surface area contributed by atoms with Crippen molar-refractivity contribution in [2.24, 2.45) is 0 Å². The molecule has 5 nitrogen and oxygen atoms in total. The topological polar surface area (TPSA) is 55.3 Å². The third kappa shape index (κ3) is 4.31. The fraction of sp³-hybridized carbons (Fsp3) is 0.227. The Morgan fingerprint density at radius 2 is 1.63 bits per heavy atom. The highest BCUT2D eigenvalue weighted by Gasteiger charge is 2.15. The second-order valence-corrected chi connectivity index (χ2v) is 6.63. The average Bonchev–Trinajstić information content (AvgIpc) is 3.25. The van der Waals surface area contributed by atoms with Gasteiger partial charge in [0.2, 0.25) is 0 Å². The van der Waals surface area contributed by atoms with E-state index in [9.17, 15) is 4.79 Å². The summed E-state index contributed by atoms with van der Waals surface area (Å²) in [5, 5.41) is 0. The molecular weight excluding hydrogens is 338 g/mol. The normalized spacial score (nSPS) is 13.6. The van der Waals surface area contributed by atoms with Crippen LogP contribution in [-0.2, 0) is 6.42 Å². The SMILES string of the molecule is O=C(Cc1ccc(Oc2ccncc2)cc1)c1ccnc(N2CCCC2)c1. The molecule has 0 atom stereocenters. The summed E-state index contributed by atoms with van der Waals surface area (Å²) in [5.41, 5.74) is 1.67. The lowest BCUT2D eigenvalue weighted by atomic mass is 10.0. The maximum Gasteiger partial charge on any atom is 0.167 e. The second-order valence-electron chi connectivity index (χ2n) is 6.63. The van der Waals surface area contributed by atoms with Gasteiger partial charge in [0, 0.05) is 43.7 Å². The van der Waals surface area contributed by atoms with Crippen molar-refractivity contribution < 1.29 is 9.53 Å². The molecule has 27 heavy (non-hydrogen) atoms. The molecule has 0 bridgehead atoms. The van der Waals surface area contributed by atoms with E-state index in [0.717, 1.165) is 36.0 Å². The van der Waals surface area contributed by atoms with Crippen LogP contribution in [0.4, 0.5) is 5.82 Å². The number of nitrogens with zero attached hydrogens (tertiary/aromatic N) is 3. The number of carbonyl (C=O) groups excluding carboxylic acids is 1.